The number of rotatable bonds is 6. The van der Waals surface area contributed by atoms with E-state index < -0.39 is 0 Å². The summed E-state index contributed by atoms with van der Waals surface area (Å²) in [5.41, 5.74) is 0.915. The van der Waals surface area contributed by atoms with Gasteiger partial charge in [-0.3, -0.25) is 9.59 Å². The molecule has 1 saturated heterocycles. The summed E-state index contributed by atoms with van der Waals surface area (Å²) in [7, 11) is 0. The van der Waals surface area contributed by atoms with Crippen LogP contribution in [0.2, 0.25) is 0 Å². The number of amides is 2. The molecule has 1 aromatic carbocycles. The molecule has 2 rings (SSSR count). The fraction of sp³-hybridized carbons (Fsp3) is 0.556. The highest BCUT2D eigenvalue weighted by molar-refractivity contribution is 8.00. The lowest BCUT2D eigenvalue weighted by Crippen LogP contribution is -2.45. The predicted octanol–water partition coefficient (Wildman–Crippen LogP) is 3.29. The number of hydrogen-bond donors (Lipinski definition) is 0. The third-order valence-corrected chi connectivity index (χ3v) is 5.36. The Morgan fingerprint density at radius 2 is 1.92 bits per heavy atom. The maximum absolute atomic E-state index is 13.1. The molecule has 0 bridgehead atoms. The molecule has 24 heavy (non-hydrogen) atoms. The normalized spacial score (nSPS) is 17.9. The Balaban J connectivity index is 2.09. The summed E-state index contributed by atoms with van der Waals surface area (Å²) in [6, 6.07) is 6.37. The Hall–Kier alpha value is -1.56. The van der Waals surface area contributed by atoms with Gasteiger partial charge in [0.1, 0.15) is 11.2 Å². The summed E-state index contributed by atoms with van der Waals surface area (Å²) in [4.78, 5) is 28.2. The molecule has 1 unspecified atom stereocenters. The van der Waals surface area contributed by atoms with Gasteiger partial charge in [0.15, 0.2) is 0 Å². The van der Waals surface area contributed by atoms with Gasteiger partial charge in [-0.2, -0.15) is 0 Å². The van der Waals surface area contributed by atoms with Gasteiger partial charge >= 0.3 is 0 Å². The lowest BCUT2D eigenvalue weighted by molar-refractivity contribution is -0.138. The van der Waals surface area contributed by atoms with E-state index in [1.54, 1.807) is 28.8 Å². The van der Waals surface area contributed by atoms with Gasteiger partial charge in [0.25, 0.3) is 0 Å². The van der Waals surface area contributed by atoms with Crippen molar-refractivity contribution in [3.63, 3.8) is 0 Å². The van der Waals surface area contributed by atoms with Crippen LogP contribution in [0.25, 0.3) is 0 Å². The predicted molar refractivity (Wildman–Crippen MR) is 95.0 cm³/mol. The highest BCUT2D eigenvalue weighted by Crippen LogP contribution is 2.38. The number of hydrogen-bond acceptors (Lipinski definition) is 3. The third-order valence-electron chi connectivity index (χ3n) is 4.11. The molecule has 1 atom stereocenters. The van der Waals surface area contributed by atoms with Crippen LogP contribution in [-0.4, -0.2) is 46.5 Å². The zero-order chi connectivity index (χ0) is 17.9. The summed E-state index contributed by atoms with van der Waals surface area (Å²) < 4.78 is 13.1. The monoisotopic (exact) mass is 352 g/mol. The molecule has 1 aromatic rings. The van der Waals surface area contributed by atoms with Gasteiger partial charge in [0, 0.05) is 25.0 Å². The molecule has 2 amide bonds. The van der Waals surface area contributed by atoms with Crippen LogP contribution < -0.4 is 0 Å². The molecule has 1 heterocycles. The molecular weight excluding hydrogens is 327 g/mol. The third kappa shape index (κ3) is 4.29. The van der Waals surface area contributed by atoms with Crippen molar-refractivity contribution < 1.29 is 14.0 Å². The van der Waals surface area contributed by atoms with Gasteiger partial charge in [-0.15, -0.1) is 11.8 Å². The van der Waals surface area contributed by atoms with Crippen LogP contribution in [0.1, 0.15) is 38.6 Å². The van der Waals surface area contributed by atoms with Crippen LogP contribution >= 0.6 is 11.8 Å². The molecular formula is C18H25FN2O2S. The van der Waals surface area contributed by atoms with E-state index in [0.717, 1.165) is 5.56 Å². The van der Waals surface area contributed by atoms with Crippen molar-refractivity contribution in [2.24, 2.45) is 5.92 Å². The molecule has 0 radical (unpaired) electrons. The average Bonchev–Trinajstić information content (AvgIpc) is 2.89. The number of halogens is 1. The van der Waals surface area contributed by atoms with Crippen LogP contribution in [0.15, 0.2) is 24.3 Å². The zero-order valence-electron chi connectivity index (χ0n) is 14.7. The minimum absolute atomic E-state index is 0.0648. The number of thioether (sulfide) groups is 1. The van der Waals surface area contributed by atoms with Gasteiger partial charge in [0.05, 0.1) is 5.75 Å². The fourth-order valence-electron chi connectivity index (χ4n) is 2.77. The number of carbonyl (C=O) groups is 2. The van der Waals surface area contributed by atoms with Gasteiger partial charge in [0.2, 0.25) is 11.8 Å². The summed E-state index contributed by atoms with van der Waals surface area (Å²) in [6.45, 7) is 8.74. The van der Waals surface area contributed by atoms with Crippen LogP contribution in [0.3, 0.4) is 0 Å². The van der Waals surface area contributed by atoms with Crippen LogP contribution in [0.4, 0.5) is 4.39 Å². The molecule has 1 fully saturated rings. The Morgan fingerprint density at radius 3 is 2.46 bits per heavy atom. The number of carbonyl (C=O) groups excluding carboxylic acids is 2. The lowest BCUT2D eigenvalue weighted by Gasteiger charge is -2.32. The topological polar surface area (TPSA) is 40.6 Å². The molecule has 0 aliphatic carbocycles. The molecule has 4 nitrogen and oxygen atoms in total. The van der Waals surface area contributed by atoms with Crippen LogP contribution in [0.5, 0.6) is 0 Å². The van der Waals surface area contributed by atoms with E-state index in [0.29, 0.717) is 18.8 Å². The molecule has 1 aliphatic heterocycles. The molecule has 6 heteroatoms. The Labute approximate surface area is 147 Å². The highest BCUT2D eigenvalue weighted by atomic mass is 32.2. The quantitative estimate of drug-likeness (QED) is 0.789. The van der Waals surface area contributed by atoms with Crippen molar-refractivity contribution in [2.45, 2.75) is 39.1 Å². The first-order chi connectivity index (χ1) is 11.3. The van der Waals surface area contributed by atoms with Gasteiger partial charge in [-0.1, -0.05) is 26.0 Å². The average molecular weight is 352 g/mol. The van der Waals surface area contributed by atoms with Gasteiger partial charge < -0.3 is 9.80 Å². The summed E-state index contributed by atoms with van der Waals surface area (Å²) in [6.07, 6.45) is 0. The van der Waals surface area contributed by atoms with Gasteiger partial charge in [-0.05, 0) is 31.5 Å². The van der Waals surface area contributed by atoms with Crippen LogP contribution in [-0.2, 0) is 9.59 Å². The molecule has 0 N–H and O–H groups in total. The number of benzene rings is 1. The Bertz CT molecular complexity index is 589. The fourth-order valence-corrected chi connectivity index (χ4v) is 3.99. The second-order valence-corrected chi connectivity index (χ2v) is 7.65. The van der Waals surface area contributed by atoms with E-state index in [1.807, 2.05) is 32.6 Å². The van der Waals surface area contributed by atoms with E-state index >= 15 is 0 Å². The van der Waals surface area contributed by atoms with E-state index in [-0.39, 0.29) is 35.0 Å². The van der Waals surface area contributed by atoms with E-state index in [2.05, 4.69) is 0 Å². The lowest BCUT2D eigenvalue weighted by atomic mass is 10.1. The van der Waals surface area contributed by atoms with E-state index in [9.17, 15) is 14.0 Å². The first-order valence-electron chi connectivity index (χ1n) is 8.28. The zero-order valence-corrected chi connectivity index (χ0v) is 15.5. The molecule has 1 aliphatic rings. The SMILES string of the molecule is CC(C)C(=O)N(CCN1C(=O)CSC1c1ccc(F)cc1)C(C)C. The first-order valence-corrected chi connectivity index (χ1v) is 9.33. The second-order valence-electron chi connectivity index (χ2n) is 6.58. The molecule has 0 saturated carbocycles. The van der Waals surface area contributed by atoms with Crippen molar-refractivity contribution in [3.8, 4) is 0 Å². The molecule has 0 aromatic heterocycles. The van der Waals surface area contributed by atoms with E-state index in [1.165, 1.54) is 12.1 Å². The summed E-state index contributed by atoms with van der Waals surface area (Å²) in [5.74, 6) is 0.233. The highest BCUT2D eigenvalue weighted by Gasteiger charge is 2.33. The largest absolute Gasteiger partial charge is 0.338 e. The standard InChI is InChI=1S/C18H25FN2O2S/c1-12(2)17(23)20(13(3)4)9-10-21-16(22)11-24-18(21)14-5-7-15(19)8-6-14/h5-8,12-13,18H,9-11H2,1-4H3. The minimum atomic E-state index is -0.284. The number of nitrogens with zero attached hydrogens (tertiary/aromatic N) is 2. The maximum Gasteiger partial charge on any atom is 0.233 e. The van der Waals surface area contributed by atoms with Crippen molar-refractivity contribution in [3.05, 3.63) is 35.6 Å². The first kappa shape index (κ1) is 18.8. The maximum atomic E-state index is 13.1. The minimum Gasteiger partial charge on any atom is -0.338 e. The summed E-state index contributed by atoms with van der Waals surface area (Å²) in [5, 5.41) is -0.110. The van der Waals surface area contributed by atoms with Crippen molar-refractivity contribution in [2.75, 3.05) is 18.8 Å². The van der Waals surface area contributed by atoms with Gasteiger partial charge in [-0.25, -0.2) is 4.39 Å². The van der Waals surface area contributed by atoms with Crippen molar-refractivity contribution in [1.82, 2.24) is 9.80 Å². The smallest absolute Gasteiger partial charge is 0.233 e. The van der Waals surface area contributed by atoms with Crippen LogP contribution in [0, 0.1) is 11.7 Å². The Morgan fingerprint density at radius 1 is 1.29 bits per heavy atom. The Kier molecular flexibility index (Phi) is 6.27. The molecule has 132 valence electrons. The molecule has 0 spiro atoms. The second kappa shape index (κ2) is 8.01. The summed E-state index contributed by atoms with van der Waals surface area (Å²) >= 11 is 1.54. The van der Waals surface area contributed by atoms with Crippen molar-refractivity contribution >= 4 is 23.6 Å². The van der Waals surface area contributed by atoms with Crippen molar-refractivity contribution in [1.29, 1.82) is 0 Å². The van der Waals surface area contributed by atoms with E-state index in [4.69, 9.17) is 0 Å².